The molecule has 0 aromatic heterocycles. The van der Waals surface area contributed by atoms with Crippen LogP contribution in [-0.2, 0) is 6.42 Å². The van der Waals surface area contributed by atoms with Crippen molar-refractivity contribution in [2.75, 3.05) is 0 Å². The van der Waals surface area contributed by atoms with Gasteiger partial charge in [0.15, 0.2) is 0 Å². The fourth-order valence-electron chi connectivity index (χ4n) is 4.52. The molecule has 1 saturated carbocycles. The molecule has 0 radical (unpaired) electrons. The summed E-state index contributed by atoms with van der Waals surface area (Å²) in [6, 6.07) is 9.80. The highest BCUT2D eigenvalue weighted by Crippen LogP contribution is 2.41. The number of halogens is 2. The molecule has 3 rings (SSSR count). The van der Waals surface area contributed by atoms with Crippen LogP contribution in [0.1, 0.15) is 50.5 Å². The van der Waals surface area contributed by atoms with Crippen LogP contribution < -0.4 is 0 Å². The molecule has 0 bridgehead atoms. The Morgan fingerprint density at radius 1 is 0.909 bits per heavy atom. The van der Waals surface area contributed by atoms with E-state index in [4.69, 9.17) is 11.1 Å². The predicted molar refractivity (Wildman–Crippen MR) is 95.5 cm³/mol. The molecule has 0 unspecified atom stereocenters. The molecule has 0 atom stereocenters. The van der Waals surface area contributed by atoms with Crippen molar-refractivity contribution < 1.29 is 4.39 Å². The quantitative estimate of drug-likeness (QED) is 0.471. The van der Waals surface area contributed by atoms with Crippen molar-refractivity contribution in [1.29, 1.82) is 0 Å². The van der Waals surface area contributed by atoms with Crippen LogP contribution in [0.3, 0.4) is 0 Å². The Morgan fingerprint density at radius 2 is 1.50 bits per heavy atom. The van der Waals surface area contributed by atoms with E-state index in [1.54, 1.807) is 12.1 Å². The maximum Gasteiger partial charge on any atom is 0.141 e. The lowest BCUT2D eigenvalue weighted by Crippen LogP contribution is -2.26. The summed E-state index contributed by atoms with van der Waals surface area (Å²) in [4.78, 5) is 0. The molecule has 1 aromatic carbocycles. The molecule has 1 aliphatic carbocycles. The van der Waals surface area contributed by atoms with E-state index in [-0.39, 0.29) is 5.82 Å². The van der Waals surface area contributed by atoms with Gasteiger partial charge in [0.1, 0.15) is 13.9 Å². The van der Waals surface area contributed by atoms with Crippen LogP contribution in [0.15, 0.2) is 24.3 Å². The van der Waals surface area contributed by atoms with Crippen LogP contribution >= 0.6 is 11.1 Å². The van der Waals surface area contributed by atoms with Gasteiger partial charge in [0.2, 0.25) is 0 Å². The molecule has 2 aliphatic rings. The number of rotatable bonds is 4. The van der Waals surface area contributed by atoms with Crippen molar-refractivity contribution in [1.82, 2.24) is 0 Å². The van der Waals surface area contributed by atoms with E-state index in [0.717, 1.165) is 24.2 Å². The smallest absolute Gasteiger partial charge is 0.141 e. The summed E-state index contributed by atoms with van der Waals surface area (Å²) in [6.45, 7) is 0. The van der Waals surface area contributed by atoms with Gasteiger partial charge in [-0.3, -0.25) is 0 Å². The maximum absolute atomic E-state index is 12.9. The van der Waals surface area contributed by atoms with Gasteiger partial charge in [-0.1, -0.05) is 37.8 Å². The van der Waals surface area contributed by atoms with E-state index < -0.39 is 8.11 Å². The highest BCUT2D eigenvalue weighted by Gasteiger charge is 2.30. The van der Waals surface area contributed by atoms with E-state index in [1.165, 1.54) is 62.6 Å². The third kappa shape index (κ3) is 4.58. The van der Waals surface area contributed by atoms with Crippen molar-refractivity contribution in [3.63, 3.8) is 0 Å². The van der Waals surface area contributed by atoms with Gasteiger partial charge in [-0.05, 0) is 73.2 Å². The molecule has 22 heavy (non-hydrogen) atoms. The van der Waals surface area contributed by atoms with Gasteiger partial charge < -0.3 is 0 Å². The summed E-state index contributed by atoms with van der Waals surface area (Å²) in [5.74, 6) is 2.74. The number of hydrogen-bond acceptors (Lipinski definition) is 0. The Labute approximate surface area is 140 Å². The Balaban J connectivity index is 1.39. The fraction of sp³-hybridized carbons (Fsp3) is 0.684. The second-order valence-electron chi connectivity index (χ2n) is 7.46. The van der Waals surface area contributed by atoms with Crippen LogP contribution in [0, 0.1) is 23.6 Å². The average molecular weight is 339 g/mol. The standard InChI is InChI=1S/C19H28ClFSi/c20-22-13-11-18(12-14-22)17-7-3-15(4-8-17)1-2-16-5-9-19(21)10-6-16/h5-6,9-10,15,17-18,22H,1-4,7-8,11-14H2/t15?,17?,18-,22-. The third-order valence-electron chi connectivity index (χ3n) is 6.01. The summed E-state index contributed by atoms with van der Waals surface area (Å²) in [5, 5.41) is 0. The van der Waals surface area contributed by atoms with Gasteiger partial charge in [0.25, 0.3) is 0 Å². The maximum atomic E-state index is 12.9. The van der Waals surface area contributed by atoms with E-state index in [0.29, 0.717) is 0 Å². The highest BCUT2D eigenvalue weighted by molar-refractivity contribution is 7.07. The minimum atomic E-state index is -0.804. The van der Waals surface area contributed by atoms with E-state index in [9.17, 15) is 4.39 Å². The molecule has 0 N–H and O–H groups in total. The summed E-state index contributed by atoms with van der Waals surface area (Å²) in [5.41, 5.74) is 1.29. The average Bonchev–Trinajstić information content (AvgIpc) is 2.56. The molecule has 122 valence electrons. The molecular weight excluding hydrogens is 311 g/mol. The predicted octanol–water partition coefficient (Wildman–Crippen LogP) is 5.94. The van der Waals surface area contributed by atoms with E-state index in [1.807, 2.05) is 12.1 Å². The fourth-order valence-corrected chi connectivity index (χ4v) is 7.14. The molecule has 2 fully saturated rings. The first-order chi connectivity index (χ1) is 10.7. The summed E-state index contributed by atoms with van der Waals surface area (Å²) >= 11 is 6.37. The second-order valence-corrected chi connectivity index (χ2v) is 11.7. The third-order valence-corrected chi connectivity index (χ3v) is 9.24. The van der Waals surface area contributed by atoms with Crippen LogP contribution in [0.4, 0.5) is 4.39 Å². The van der Waals surface area contributed by atoms with Crippen LogP contribution in [0.2, 0.25) is 12.1 Å². The highest BCUT2D eigenvalue weighted by atomic mass is 35.6. The van der Waals surface area contributed by atoms with Gasteiger partial charge >= 0.3 is 0 Å². The van der Waals surface area contributed by atoms with Crippen LogP contribution in [0.5, 0.6) is 0 Å². The minimum Gasteiger partial charge on any atom is -0.207 e. The first-order valence-electron chi connectivity index (χ1n) is 9.09. The molecular formula is C19H28ClFSi. The van der Waals surface area contributed by atoms with Crippen molar-refractivity contribution in [3.05, 3.63) is 35.6 Å². The number of benzene rings is 1. The molecule has 3 heteroatoms. The Hall–Kier alpha value is -0.343. The van der Waals surface area contributed by atoms with Crippen LogP contribution in [0.25, 0.3) is 0 Å². The first-order valence-corrected chi connectivity index (χ1v) is 12.5. The van der Waals surface area contributed by atoms with Crippen molar-refractivity contribution in [3.8, 4) is 0 Å². The van der Waals surface area contributed by atoms with Gasteiger partial charge in [-0.15, -0.1) is 0 Å². The lowest BCUT2D eigenvalue weighted by Gasteiger charge is -2.36. The number of hydrogen-bond donors (Lipinski definition) is 0. The SMILES string of the molecule is Fc1ccc(CCC2CCC([C@H]3CC[Si@H](Cl)CC3)CC2)cc1. The molecule has 0 nitrogen and oxygen atoms in total. The lowest BCUT2D eigenvalue weighted by molar-refractivity contribution is 0.187. The molecule has 0 amide bonds. The molecule has 0 spiro atoms. The van der Waals surface area contributed by atoms with E-state index >= 15 is 0 Å². The number of aryl methyl sites for hydroxylation is 1. The summed E-state index contributed by atoms with van der Waals surface area (Å²) in [6.07, 6.45) is 10.9. The van der Waals surface area contributed by atoms with Crippen molar-refractivity contribution >= 4 is 19.2 Å². The zero-order valence-electron chi connectivity index (χ0n) is 13.4. The molecule has 1 heterocycles. The van der Waals surface area contributed by atoms with Gasteiger partial charge in [0.05, 0.1) is 0 Å². The van der Waals surface area contributed by atoms with Gasteiger partial charge in [0, 0.05) is 0 Å². The summed E-state index contributed by atoms with van der Waals surface area (Å²) in [7, 11) is -0.804. The normalized spacial score (nSPS) is 32.8. The zero-order valence-corrected chi connectivity index (χ0v) is 15.4. The van der Waals surface area contributed by atoms with Gasteiger partial charge in [-0.25, -0.2) is 4.39 Å². The zero-order chi connectivity index (χ0) is 15.4. The van der Waals surface area contributed by atoms with E-state index in [2.05, 4.69) is 0 Å². The van der Waals surface area contributed by atoms with Gasteiger partial charge in [-0.2, -0.15) is 11.1 Å². The van der Waals surface area contributed by atoms with Crippen LogP contribution in [-0.4, -0.2) is 8.11 Å². The monoisotopic (exact) mass is 338 g/mol. The largest absolute Gasteiger partial charge is 0.207 e. The second kappa shape index (κ2) is 7.96. The topological polar surface area (TPSA) is 0 Å². The lowest BCUT2D eigenvalue weighted by atomic mass is 9.73. The molecule has 1 aliphatic heterocycles. The first kappa shape index (κ1) is 16.5. The van der Waals surface area contributed by atoms with Crippen molar-refractivity contribution in [2.24, 2.45) is 17.8 Å². The molecule has 1 saturated heterocycles. The Kier molecular flexibility index (Phi) is 5.98. The molecule has 1 aromatic rings. The Morgan fingerprint density at radius 3 is 2.14 bits per heavy atom. The van der Waals surface area contributed by atoms with Crippen molar-refractivity contribution in [2.45, 2.75) is 63.5 Å². The minimum absolute atomic E-state index is 0.126. The summed E-state index contributed by atoms with van der Waals surface area (Å²) < 4.78 is 12.9. The Bertz CT molecular complexity index is 445.